The average Bonchev–Trinajstić information content (AvgIpc) is 3.13. The zero-order valence-corrected chi connectivity index (χ0v) is 20.7. The van der Waals surface area contributed by atoms with Crippen molar-refractivity contribution >= 4 is 27.3 Å². The van der Waals surface area contributed by atoms with Crippen LogP contribution in [0, 0.1) is 16.0 Å². The van der Waals surface area contributed by atoms with Crippen LogP contribution in [0.3, 0.4) is 0 Å². The Balaban J connectivity index is 1.46. The second-order valence-corrected chi connectivity index (χ2v) is 11.6. The SMILES string of the molecule is CN1CCN(S(=O)(=O)c2ccc(N3CCC(C(=O)N4CCCCCC4)CC3)c([N+](=O)[O-])c2)CC1. The number of nitro benzene ring substituents is 1. The molecular weight excluding hydrogens is 458 g/mol. The number of anilines is 1. The van der Waals surface area contributed by atoms with E-state index in [-0.39, 0.29) is 22.4 Å². The first-order chi connectivity index (χ1) is 16.3. The summed E-state index contributed by atoms with van der Waals surface area (Å²) in [5, 5.41) is 11.9. The normalized spacial score (nSPS) is 21.9. The Morgan fingerprint density at radius 1 is 0.941 bits per heavy atom. The third-order valence-electron chi connectivity index (χ3n) is 7.35. The lowest BCUT2D eigenvalue weighted by molar-refractivity contribution is -0.384. The summed E-state index contributed by atoms with van der Waals surface area (Å²) in [5.41, 5.74) is 0.218. The summed E-state index contributed by atoms with van der Waals surface area (Å²) in [4.78, 5) is 30.3. The highest BCUT2D eigenvalue weighted by Gasteiger charge is 2.33. The number of carbonyl (C=O) groups excluding carboxylic acids is 1. The predicted molar refractivity (Wildman–Crippen MR) is 129 cm³/mol. The summed E-state index contributed by atoms with van der Waals surface area (Å²) in [6, 6.07) is 4.22. The number of likely N-dealkylation sites (tertiary alicyclic amines) is 1. The van der Waals surface area contributed by atoms with Crippen molar-refractivity contribution in [2.45, 2.75) is 43.4 Å². The quantitative estimate of drug-likeness (QED) is 0.457. The molecule has 1 aromatic carbocycles. The molecule has 11 heteroatoms. The minimum atomic E-state index is -3.79. The van der Waals surface area contributed by atoms with Gasteiger partial charge in [0.1, 0.15) is 5.69 Å². The molecule has 0 bridgehead atoms. The zero-order chi connectivity index (χ0) is 24.3. The van der Waals surface area contributed by atoms with Gasteiger partial charge in [0.25, 0.3) is 5.69 Å². The lowest BCUT2D eigenvalue weighted by Crippen LogP contribution is -2.47. The maximum Gasteiger partial charge on any atom is 0.293 e. The third kappa shape index (κ3) is 5.36. The summed E-state index contributed by atoms with van der Waals surface area (Å²) in [6.07, 6.45) is 5.75. The minimum Gasteiger partial charge on any atom is -0.366 e. The highest BCUT2D eigenvalue weighted by molar-refractivity contribution is 7.89. The van der Waals surface area contributed by atoms with E-state index in [0.29, 0.717) is 57.8 Å². The molecule has 0 aromatic heterocycles. The number of benzene rings is 1. The van der Waals surface area contributed by atoms with Gasteiger partial charge in [0.15, 0.2) is 0 Å². The summed E-state index contributed by atoms with van der Waals surface area (Å²) >= 11 is 0. The molecule has 3 aliphatic rings. The van der Waals surface area contributed by atoms with Gasteiger partial charge in [0.2, 0.25) is 15.9 Å². The Labute approximate surface area is 201 Å². The molecule has 1 amide bonds. The Hall–Kier alpha value is -2.24. The van der Waals surface area contributed by atoms with Gasteiger partial charge < -0.3 is 14.7 Å². The lowest BCUT2D eigenvalue weighted by atomic mass is 9.94. The smallest absolute Gasteiger partial charge is 0.293 e. The number of sulfonamides is 1. The Kier molecular flexibility index (Phi) is 7.73. The van der Waals surface area contributed by atoms with Crippen LogP contribution in [0.4, 0.5) is 11.4 Å². The van der Waals surface area contributed by atoms with Crippen LogP contribution in [0.15, 0.2) is 23.1 Å². The number of hydrogen-bond acceptors (Lipinski definition) is 7. The fourth-order valence-electron chi connectivity index (χ4n) is 5.17. The summed E-state index contributed by atoms with van der Waals surface area (Å²) in [6.45, 7) is 4.72. The van der Waals surface area contributed by atoms with Crippen molar-refractivity contribution in [2.75, 3.05) is 64.3 Å². The molecule has 3 heterocycles. The van der Waals surface area contributed by atoms with Crippen molar-refractivity contribution in [1.82, 2.24) is 14.1 Å². The monoisotopic (exact) mass is 493 g/mol. The molecular formula is C23H35N5O5S. The molecule has 0 saturated carbocycles. The van der Waals surface area contributed by atoms with Gasteiger partial charge in [-0.2, -0.15) is 4.31 Å². The van der Waals surface area contributed by atoms with E-state index in [0.717, 1.165) is 25.9 Å². The fraction of sp³-hybridized carbons (Fsp3) is 0.696. The molecule has 0 aliphatic carbocycles. The standard InChI is InChI=1S/C23H35N5O5S/c1-24-14-16-27(17-15-24)34(32,33)20-6-7-21(22(18-20)28(30)31)25-12-8-19(9-13-25)23(29)26-10-4-2-3-5-11-26/h6-7,18-19H,2-5,8-17H2,1H3. The number of amides is 1. The van der Waals surface area contributed by atoms with Crippen LogP contribution < -0.4 is 4.90 Å². The zero-order valence-electron chi connectivity index (χ0n) is 19.9. The summed E-state index contributed by atoms with van der Waals surface area (Å²) in [5.74, 6) is 0.162. The van der Waals surface area contributed by atoms with Crippen molar-refractivity contribution in [2.24, 2.45) is 5.92 Å². The first-order valence-corrected chi connectivity index (χ1v) is 13.7. The van der Waals surface area contributed by atoms with E-state index in [1.54, 1.807) is 6.07 Å². The van der Waals surface area contributed by atoms with Crippen molar-refractivity contribution in [3.63, 3.8) is 0 Å². The van der Waals surface area contributed by atoms with Crippen LogP contribution in [-0.2, 0) is 14.8 Å². The minimum absolute atomic E-state index is 0.0428. The molecule has 3 fully saturated rings. The molecule has 188 valence electrons. The van der Waals surface area contributed by atoms with E-state index in [2.05, 4.69) is 4.90 Å². The molecule has 1 aromatic rings. The van der Waals surface area contributed by atoms with Crippen LogP contribution in [0.5, 0.6) is 0 Å². The van der Waals surface area contributed by atoms with Gasteiger partial charge in [-0.05, 0) is 44.9 Å². The Morgan fingerprint density at radius 2 is 1.56 bits per heavy atom. The maximum atomic E-state index is 13.1. The highest BCUT2D eigenvalue weighted by atomic mass is 32.2. The van der Waals surface area contributed by atoms with E-state index in [9.17, 15) is 23.3 Å². The van der Waals surface area contributed by atoms with Gasteiger partial charge in [-0.15, -0.1) is 0 Å². The predicted octanol–water partition coefficient (Wildman–Crippen LogP) is 2.15. The molecule has 0 radical (unpaired) electrons. The second-order valence-electron chi connectivity index (χ2n) is 9.62. The fourth-order valence-corrected chi connectivity index (χ4v) is 6.61. The summed E-state index contributed by atoms with van der Waals surface area (Å²) in [7, 11) is -1.85. The Bertz CT molecular complexity index is 993. The number of nitro groups is 1. The van der Waals surface area contributed by atoms with E-state index in [1.807, 2.05) is 16.8 Å². The van der Waals surface area contributed by atoms with Crippen LogP contribution in [-0.4, -0.2) is 92.8 Å². The molecule has 0 spiro atoms. The number of carbonyl (C=O) groups is 1. The van der Waals surface area contributed by atoms with Gasteiger partial charge >= 0.3 is 0 Å². The van der Waals surface area contributed by atoms with E-state index in [1.165, 1.54) is 29.3 Å². The molecule has 3 saturated heterocycles. The van der Waals surface area contributed by atoms with Gasteiger partial charge in [0.05, 0.1) is 9.82 Å². The first-order valence-electron chi connectivity index (χ1n) is 12.3. The Morgan fingerprint density at radius 3 is 2.15 bits per heavy atom. The topological polar surface area (TPSA) is 107 Å². The molecule has 0 N–H and O–H groups in total. The number of piperazine rings is 1. The van der Waals surface area contributed by atoms with Gasteiger partial charge in [-0.1, -0.05) is 12.8 Å². The molecule has 0 atom stereocenters. The van der Waals surface area contributed by atoms with Crippen LogP contribution in [0.25, 0.3) is 0 Å². The molecule has 10 nitrogen and oxygen atoms in total. The van der Waals surface area contributed by atoms with Gasteiger partial charge in [-0.3, -0.25) is 14.9 Å². The third-order valence-corrected chi connectivity index (χ3v) is 9.24. The number of likely N-dealkylation sites (N-methyl/N-ethyl adjacent to an activating group) is 1. The van der Waals surface area contributed by atoms with Gasteiger partial charge in [0, 0.05) is 64.3 Å². The van der Waals surface area contributed by atoms with Crippen molar-refractivity contribution in [3.05, 3.63) is 28.3 Å². The molecule has 4 rings (SSSR count). The van der Waals surface area contributed by atoms with Crippen molar-refractivity contribution in [1.29, 1.82) is 0 Å². The van der Waals surface area contributed by atoms with Crippen LogP contribution in [0.1, 0.15) is 38.5 Å². The number of hydrogen-bond donors (Lipinski definition) is 0. The van der Waals surface area contributed by atoms with E-state index >= 15 is 0 Å². The average molecular weight is 494 g/mol. The number of nitrogens with zero attached hydrogens (tertiary/aromatic N) is 5. The van der Waals surface area contributed by atoms with Crippen molar-refractivity contribution < 1.29 is 18.1 Å². The lowest BCUT2D eigenvalue weighted by Gasteiger charge is -2.35. The number of piperidine rings is 1. The molecule has 34 heavy (non-hydrogen) atoms. The molecule has 3 aliphatic heterocycles. The van der Waals surface area contributed by atoms with Gasteiger partial charge in [-0.25, -0.2) is 8.42 Å². The first kappa shape index (κ1) is 24.9. The maximum absolute atomic E-state index is 13.1. The molecule has 0 unspecified atom stereocenters. The highest BCUT2D eigenvalue weighted by Crippen LogP contribution is 2.35. The second kappa shape index (κ2) is 10.6. The summed E-state index contributed by atoms with van der Waals surface area (Å²) < 4.78 is 27.6. The van der Waals surface area contributed by atoms with E-state index in [4.69, 9.17) is 0 Å². The van der Waals surface area contributed by atoms with E-state index < -0.39 is 14.9 Å². The number of rotatable bonds is 5. The largest absolute Gasteiger partial charge is 0.366 e. The van der Waals surface area contributed by atoms with Crippen LogP contribution >= 0.6 is 0 Å². The van der Waals surface area contributed by atoms with Crippen LogP contribution in [0.2, 0.25) is 0 Å². The van der Waals surface area contributed by atoms with Crippen molar-refractivity contribution in [3.8, 4) is 0 Å².